The second-order valence-corrected chi connectivity index (χ2v) is 15.7. The molecule has 0 amide bonds. The molecule has 0 atom stereocenters. The highest BCUT2D eigenvalue weighted by Gasteiger charge is 2.39. The van der Waals surface area contributed by atoms with Crippen molar-refractivity contribution in [3.63, 3.8) is 0 Å². The van der Waals surface area contributed by atoms with E-state index in [9.17, 15) is 0 Å². The molecule has 0 radical (unpaired) electrons. The van der Waals surface area contributed by atoms with Crippen LogP contribution in [0.3, 0.4) is 0 Å². The fourth-order valence-electron chi connectivity index (χ4n) is 7.27. The van der Waals surface area contributed by atoms with Crippen molar-refractivity contribution in [3.05, 3.63) is 171 Å². The maximum atomic E-state index is 6.53. The minimum Gasteiger partial charge on any atom is -0.347 e. The van der Waals surface area contributed by atoms with Gasteiger partial charge < -0.3 is 4.90 Å². The normalized spacial score (nSPS) is 18.6. The standard InChI is InChI=1S/C44H44Cl2IN2/c1-30(43(2,3)38-27-34(45)23-21-33(38)29-47)17-18-31-19-20-32(22-26-41-44(4,5)39-28-35(46)24-25-40(39)48(41)6)42(31)49(36-13-9-7-10-14-36)37-15-11-8-12-16-37/h7-18,21-28H,19-20,29H2,1-6H3/q+1/b30-17-,31-18+. The first-order valence-corrected chi connectivity index (χ1v) is 19.2. The molecule has 49 heavy (non-hydrogen) atoms. The summed E-state index contributed by atoms with van der Waals surface area (Å²) in [6.07, 6.45) is 11.3. The Hall–Kier alpha value is -3.38. The molecule has 0 saturated heterocycles. The molecule has 1 saturated carbocycles. The van der Waals surface area contributed by atoms with Gasteiger partial charge in [0.2, 0.25) is 17.1 Å². The Labute approximate surface area is 316 Å². The summed E-state index contributed by atoms with van der Waals surface area (Å²) in [7, 11) is 2.16. The van der Waals surface area contributed by atoms with E-state index in [0.29, 0.717) is 0 Å². The van der Waals surface area contributed by atoms with Crippen LogP contribution in [0.25, 0.3) is 0 Å². The number of alkyl halides is 1. The second-order valence-electron chi connectivity index (χ2n) is 14.0. The van der Waals surface area contributed by atoms with Crippen LogP contribution in [0.15, 0.2) is 144 Å². The quantitative estimate of drug-likeness (QED) is 0.103. The predicted molar refractivity (Wildman–Crippen MR) is 222 cm³/mol. The minimum atomic E-state index is -0.181. The Bertz CT molecular complexity index is 1990. The van der Waals surface area contributed by atoms with Gasteiger partial charge in [0.05, 0.1) is 0 Å². The topological polar surface area (TPSA) is 6.25 Å². The fourth-order valence-corrected chi connectivity index (χ4v) is 8.28. The van der Waals surface area contributed by atoms with Crippen LogP contribution < -0.4 is 9.48 Å². The van der Waals surface area contributed by atoms with Gasteiger partial charge in [0.25, 0.3) is 0 Å². The third-order valence-corrected chi connectivity index (χ3v) is 11.7. The number of rotatable bonds is 7. The predicted octanol–water partition coefficient (Wildman–Crippen LogP) is 13.1. The number of fused-ring (bicyclic) bond motifs is 1. The molecule has 0 aromatic heterocycles. The van der Waals surface area contributed by atoms with Crippen LogP contribution in [0.4, 0.5) is 17.1 Å². The van der Waals surface area contributed by atoms with Gasteiger partial charge in [-0.2, -0.15) is 4.58 Å². The molecule has 2 nitrogen and oxygen atoms in total. The van der Waals surface area contributed by atoms with E-state index in [-0.39, 0.29) is 10.8 Å². The smallest absolute Gasteiger partial charge is 0.218 e. The lowest BCUT2D eigenvalue weighted by molar-refractivity contribution is 0.619. The number of para-hydroxylation sites is 2. The van der Waals surface area contributed by atoms with Gasteiger partial charge in [-0.15, -0.1) is 0 Å². The number of halogens is 3. The molecule has 0 bridgehead atoms. The Morgan fingerprint density at radius 2 is 1.39 bits per heavy atom. The van der Waals surface area contributed by atoms with Gasteiger partial charge in [-0.05, 0) is 72.9 Å². The van der Waals surface area contributed by atoms with E-state index in [1.165, 1.54) is 50.5 Å². The number of hydrogen-bond acceptors (Lipinski definition) is 1. The van der Waals surface area contributed by atoms with Crippen molar-refractivity contribution < 1.29 is 0 Å². The van der Waals surface area contributed by atoms with Crippen molar-refractivity contribution in [2.75, 3.05) is 11.9 Å². The van der Waals surface area contributed by atoms with Crippen LogP contribution in [0.5, 0.6) is 0 Å². The number of allylic oxidation sites excluding steroid dienone is 8. The number of hydrogen-bond donors (Lipinski definition) is 0. The Balaban J connectivity index is 1.52. The van der Waals surface area contributed by atoms with Crippen molar-refractivity contribution in [2.24, 2.45) is 0 Å². The molecule has 4 aromatic carbocycles. The molecule has 0 unspecified atom stereocenters. The summed E-state index contributed by atoms with van der Waals surface area (Å²) in [5, 5.41) is 1.55. The maximum absolute atomic E-state index is 6.53. The Morgan fingerprint density at radius 3 is 2.00 bits per heavy atom. The molecule has 6 rings (SSSR count). The third kappa shape index (κ3) is 7.00. The zero-order chi connectivity index (χ0) is 34.9. The minimum absolute atomic E-state index is 0.176. The maximum Gasteiger partial charge on any atom is 0.218 e. The molecule has 250 valence electrons. The van der Waals surface area contributed by atoms with Gasteiger partial charge in [0.1, 0.15) is 0 Å². The van der Waals surface area contributed by atoms with Gasteiger partial charge in [0.15, 0.2) is 0 Å². The summed E-state index contributed by atoms with van der Waals surface area (Å²) in [6.45, 7) is 11.4. The lowest BCUT2D eigenvalue weighted by Crippen LogP contribution is -2.23. The van der Waals surface area contributed by atoms with E-state index in [0.717, 1.165) is 38.7 Å². The number of anilines is 1. The lowest BCUT2D eigenvalue weighted by atomic mass is 9.76. The molecular formula is C44H44Cl2IN2+. The van der Waals surface area contributed by atoms with Crippen LogP contribution >= 0.6 is 45.8 Å². The van der Waals surface area contributed by atoms with Crippen molar-refractivity contribution in [1.29, 1.82) is 0 Å². The molecule has 1 aliphatic carbocycles. The van der Waals surface area contributed by atoms with Crippen molar-refractivity contribution in [1.82, 2.24) is 4.58 Å². The molecule has 1 aliphatic heterocycles. The van der Waals surface area contributed by atoms with Gasteiger partial charge in [-0.1, -0.05) is 140 Å². The molecule has 4 aromatic rings. The van der Waals surface area contributed by atoms with E-state index in [1.807, 2.05) is 12.1 Å². The van der Waals surface area contributed by atoms with Gasteiger partial charge in [-0.3, -0.25) is 0 Å². The zero-order valence-corrected chi connectivity index (χ0v) is 32.9. The first kappa shape index (κ1) is 35.4. The fraction of sp³-hybridized carbons (Fsp3) is 0.250. The van der Waals surface area contributed by atoms with E-state index in [2.05, 4.69) is 183 Å². The highest BCUT2D eigenvalue weighted by molar-refractivity contribution is 14.1. The van der Waals surface area contributed by atoms with Crippen LogP contribution in [0.2, 0.25) is 10.0 Å². The average Bonchev–Trinajstić information content (AvgIpc) is 3.57. The third-order valence-electron chi connectivity index (χ3n) is 10.4. The summed E-state index contributed by atoms with van der Waals surface area (Å²) >= 11 is 15.5. The molecular weight excluding hydrogens is 754 g/mol. The molecule has 2 aliphatic rings. The van der Waals surface area contributed by atoms with Crippen molar-refractivity contribution in [3.8, 4) is 0 Å². The first-order valence-electron chi connectivity index (χ1n) is 16.9. The summed E-state index contributed by atoms with van der Waals surface area (Å²) in [4.78, 5) is 2.31. The lowest BCUT2D eigenvalue weighted by Gasteiger charge is -2.29. The van der Waals surface area contributed by atoms with E-state index < -0.39 is 0 Å². The highest BCUT2D eigenvalue weighted by atomic mass is 127. The Morgan fingerprint density at radius 1 is 0.816 bits per heavy atom. The van der Waals surface area contributed by atoms with Crippen molar-refractivity contribution >= 4 is 68.6 Å². The molecule has 0 N–H and O–H groups in total. The molecule has 1 fully saturated rings. The van der Waals surface area contributed by atoms with Crippen LogP contribution in [0.1, 0.15) is 64.2 Å². The van der Waals surface area contributed by atoms with Gasteiger partial charge in [-0.25, -0.2) is 0 Å². The van der Waals surface area contributed by atoms with Gasteiger partial charge >= 0.3 is 0 Å². The van der Waals surface area contributed by atoms with E-state index >= 15 is 0 Å². The monoisotopic (exact) mass is 797 g/mol. The Kier molecular flexibility index (Phi) is 10.5. The summed E-state index contributed by atoms with van der Waals surface area (Å²) in [5.74, 6) is 0. The average molecular weight is 799 g/mol. The van der Waals surface area contributed by atoms with E-state index in [4.69, 9.17) is 23.2 Å². The molecule has 5 heteroatoms. The largest absolute Gasteiger partial charge is 0.347 e. The number of nitrogens with zero attached hydrogens (tertiary/aromatic N) is 2. The second kappa shape index (κ2) is 14.5. The zero-order valence-electron chi connectivity index (χ0n) is 29.2. The highest BCUT2D eigenvalue weighted by Crippen LogP contribution is 2.48. The van der Waals surface area contributed by atoms with Crippen LogP contribution in [0, 0.1) is 0 Å². The summed E-state index contributed by atoms with van der Waals surface area (Å²) in [6, 6.07) is 34.0. The number of benzene rings is 4. The summed E-state index contributed by atoms with van der Waals surface area (Å²) in [5.41, 5.74) is 13.4. The van der Waals surface area contributed by atoms with Crippen LogP contribution in [-0.4, -0.2) is 12.8 Å². The molecule has 1 heterocycles. The SMILES string of the molecule is C/C(=C/C=C1\CCC(=CC=C2N(C)c3ccc(Cl)cc3C2(C)C)C1=[N+](c1ccccc1)c1ccccc1)C(C)(C)c1cc(Cl)ccc1CI. The van der Waals surface area contributed by atoms with E-state index in [1.54, 1.807) is 0 Å². The first-order chi connectivity index (χ1) is 23.4. The summed E-state index contributed by atoms with van der Waals surface area (Å²) < 4.78 is 3.37. The molecule has 0 spiro atoms. The van der Waals surface area contributed by atoms with Crippen molar-refractivity contribution in [2.45, 2.75) is 62.7 Å². The van der Waals surface area contributed by atoms with Crippen LogP contribution in [-0.2, 0) is 15.3 Å². The van der Waals surface area contributed by atoms with Gasteiger partial charge in [0, 0.05) is 79.1 Å². The number of likely N-dealkylation sites (N-methyl/N-ethyl adjacent to an activating group) is 1.